The van der Waals surface area contributed by atoms with E-state index in [1.807, 2.05) is 12.1 Å². The van der Waals surface area contributed by atoms with Gasteiger partial charge in [-0.2, -0.15) is 0 Å². The molecule has 1 aromatic heterocycles. The lowest BCUT2D eigenvalue weighted by Gasteiger charge is -2.27. The maximum atomic E-state index is 11.9. The molecule has 0 unspecified atom stereocenters. The molecular formula is C15H24N4O2. The highest BCUT2D eigenvalue weighted by Crippen LogP contribution is 2.15. The van der Waals surface area contributed by atoms with Crippen LogP contribution in [-0.2, 0) is 9.53 Å². The molecular weight excluding hydrogens is 268 g/mol. The van der Waals surface area contributed by atoms with E-state index in [0.717, 1.165) is 45.0 Å². The number of carbonyl (C=O) groups excluding carboxylic acids is 1. The second-order valence-corrected chi connectivity index (χ2v) is 5.24. The molecule has 1 amide bonds. The van der Waals surface area contributed by atoms with Crippen molar-refractivity contribution in [2.75, 3.05) is 36.5 Å². The fraction of sp³-hybridized carbons (Fsp3) is 0.600. The molecule has 0 radical (unpaired) electrons. The second-order valence-electron chi connectivity index (χ2n) is 5.24. The van der Waals surface area contributed by atoms with E-state index in [1.54, 1.807) is 6.20 Å². The number of ether oxygens (including phenoxy) is 1. The summed E-state index contributed by atoms with van der Waals surface area (Å²) < 4.78 is 5.32. The number of anilines is 2. The Hall–Kier alpha value is -1.66. The van der Waals surface area contributed by atoms with Gasteiger partial charge in [0, 0.05) is 13.1 Å². The van der Waals surface area contributed by atoms with Crippen molar-refractivity contribution < 1.29 is 9.53 Å². The molecule has 6 nitrogen and oxygen atoms in total. The molecule has 2 rings (SSSR count). The number of nitrogens with one attached hydrogen (secondary N) is 1. The third-order valence-electron chi connectivity index (χ3n) is 3.56. The number of carbonyl (C=O) groups is 1. The molecule has 1 aliphatic rings. The third-order valence-corrected chi connectivity index (χ3v) is 3.56. The van der Waals surface area contributed by atoms with Crippen LogP contribution in [0.3, 0.4) is 0 Å². The van der Waals surface area contributed by atoms with Crippen molar-refractivity contribution in [2.24, 2.45) is 5.73 Å². The van der Waals surface area contributed by atoms with Gasteiger partial charge in [-0.05, 0) is 18.6 Å². The predicted octanol–water partition coefficient (Wildman–Crippen LogP) is 1.37. The molecule has 0 aliphatic carbocycles. The average molecular weight is 292 g/mol. The first-order valence-corrected chi connectivity index (χ1v) is 7.56. The van der Waals surface area contributed by atoms with Gasteiger partial charge in [0.25, 0.3) is 0 Å². The maximum Gasteiger partial charge on any atom is 0.241 e. The van der Waals surface area contributed by atoms with Gasteiger partial charge in [0.15, 0.2) is 0 Å². The minimum atomic E-state index is -0.455. The molecule has 1 fully saturated rings. The van der Waals surface area contributed by atoms with E-state index in [9.17, 15) is 4.79 Å². The molecule has 1 saturated heterocycles. The standard InChI is InChI=1S/C15H24N4O2/c1-2-3-4-13(16)15(20)18-12-5-6-14(17-11-12)19-7-9-21-10-8-19/h5-6,11,13H,2-4,7-10,16H2,1H3,(H,18,20)/t13-/m0/s1. The number of aromatic nitrogens is 1. The Morgan fingerprint density at radius 2 is 2.24 bits per heavy atom. The SMILES string of the molecule is CCCC[C@H](N)C(=O)Nc1ccc(N2CCOCC2)nc1. The lowest BCUT2D eigenvalue weighted by atomic mass is 10.1. The fourth-order valence-corrected chi connectivity index (χ4v) is 2.23. The number of hydrogen-bond donors (Lipinski definition) is 2. The number of hydrogen-bond acceptors (Lipinski definition) is 5. The topological polar surface area (TPSA) is 80.5 Å². The van der Waals surface area contributed by atoms with Crippen LogP contribution < -0.4 is 16.0 Å². The van der Waals surface area contributed by atoms with Gasteiger partial charge in [-0.15, -0.1) is 0 Å². The van der Waals surface area contributed by atoms with E-state index in [4.69, 9.17) is 10.5 Å². The molecule has 21 heavy (non-hydrogen) atoms. The zero-order chi connectivity index (χ0) is 15.1. The van der Waals surface area contributed by atoms with Crippen LogP contribution in [0.25, 0.3) is 0 Å². The average Bonchev–Trinajstić information content (AvgIpc) is 2.54. The van der Waals surface area contributed by atoms with Crippen molar-refractivity contribution in [3.63, 3.8) is 0 Å². The molecule has 0 aromatic carbocycles. The van der Waals surface area contributed by atoms with E-state index in [1.165, 1.54) is 0 Å². The van der Waals surface area contributed by atoms with E-state index in [-0.39, 0.29) is 5.91 Å². The van der Waals surface area contributed by atoms with Crippen LogP contribution in [0.2, 0.25) is 0 Å². The number of nitrogens with two attached hydrogens (primary N) is 1. The van der Waals surface area contributed by atoms with Crippen molar-refractivity contribution in [2.45, 2.75) is 32.2 Å². The van der Waals surface area contributed by atoms with Crippen LogP contribution >= 0.6 is 0 Å². The van der Waals surface area contributed by atoms with Crippen LogP contribution in [0.15, 0.2) is 18.3 Å². The highest BCUT2D eigenvalue weighted by molar-refractivity contribution is 5.94. The van der Waals surface area contributed by atoms with Crippen LogP contribution in [0.5, 0.6) is 0 Å². The molecule has 6 heteroatoms. The lowest BCUT2D eigenvalue weighted by molar-refractivity contribution is -0.117. The van der Waals surface area contributed by atoms with Gasteiger partial charge in [-0.25, -0.2) is 4.98 Å². The zero-order valence-electron chi connectivity index (χ0n) is 12.5. The van der Waals surface area contributed by atoms with Gasteiger partial charge in [0.05, 0.1) is 31.1 Å². The summed E-state index contributed by atoms with van der Waals surface area (Å²) in [4.78, 5) is 18.5. The van der Waals surface area contributed by atoms with Crippen LogP contribution in [0.1, 0.15) is 26.2 Å². The molecule has 0 saturated carbocycles. The number of unbranched alkanes of at least 4 members (excludes halogenated alkanes) is 1. The van der Waals surface area contributed by atoms with E-state index in [2.05, 4.69) is 22.1 Å². The van der Waals surface area contributed by atoms with Crippen molar-refractivity contribution in [3.8, 4) is 0 Å². The summed E-state index contributed by atoms with van der Waals surface area (Å²) in [6.07, 6.45) is 4.39. The molecule has 3 N–H and O–H groups in total. The van der Waals surface area contributed by atoms with E-state index >= 15 is 0 Å². The fourth-order valence-electron chi connectivity index (χ4n) is 2.23. The van der Waals surface area contributed by atoms with Crippen molar-refractivity contribution in [3.05, 3.63) is 18.3 Å². The Morgan fingerprint density at radius 3 is 2.86 bits per heavy atom. The zero-order valence-corrected chi connectivity index (χ0v) is 12.5. The number of amides is 1. The van der Waals surface area contributed by atoms with Crippen LogP contribution in [0, 0.1) is 0 Å². The Kier molecular flexibility index (Phi) is 5.95. The molecule has 1 atom stereocenters. The van der Waals surface area contributed by atoms with Crippen molar-refractivity contribution in [1.29, 1.82) is 0 Å². The van der Waals surface area contributed by atoms with Gasteiger partial charge in [0.1, 0.15) is 5.82 Å². The lowest BCUT2D eigenvalue weighted by Crippen LogP contribution is -2.37. The van der Waals surface area contributed by atoms with E-state index in [0.29, 0.717) is 12.1 Å². The Morgan fingerprint density at radius 1 is 1.48 bits per heavy atom. The highest BCUT2D eigenvalue weighted by Gasteiger charge is 2.14. The van der Waals surface area contributed by atoms with Gasteiger partial charge >= 0.3 is 0 Å². The van der Waals surface area contributed by atoms with Gasteiger partial charge in [0.2, 0.25) is 5.91 Å². The monoisotopic (exact) mass is 292 g/mol. The normalized spacial score (nSPS) is 16.6. The second kappa shape index (κ2) is 7.95. The van der Waals surface area contributed by atoms with Crippen molar-refractivity contribution in [1.82, 2.24) is 4.98 Å². The molecule has 0 spiro atoms. The summed E-state index contributed by atoms with van der Waals surface area (Å²) in [6.45, 7) is 5.24. The van der Waals surface area contributed by atoms with Gasteiger partial charge < -0.3 is 20.7 Å². The summed E-state index contributed by atoms with van der Waals surface area (Å²) in [5.74, 6) is 0.760. The number of morpholine rings is 1. The number of rotatable bonds is 6. The largest absolute Gasteiger partial charge is 0.378 e. The minimum Gasteiger partial charge on any atom is -0.378 e. The summed E-state index contributed by atoms with van der Waals surface area (Å²) in [5, 5.41) is 2.81. The molecule has 1 aliphatic heterocycles. The minimum absolute atomic E-state index is 0.149. The smallest absolute Gasteiger partial charge is 0.241 e. The van der Waals surface area contributed by atoms with Crippen LogP contribution in [-0.4, -0.2) is 43.2 Å². The number of nitrogens with zero attached hydrogens (tertiary/aromatic N) is 2. The summed E-state index contributed by atoms with van der Waals surface area (Å²) >= 11 is 0. The Bertz CT molecular complexity index is 443. The quantitative estimate of drug-likeness (QED) is 0.828. The summed E-state index contributed by atoms with van der Waals surface area (Å²) in [5.41, 5.74) is 6.53. The van der Waals surface area contributed by atoms with Crippen molar-refractivity contribution >= 4 is 17.4 Å². The Balaban J connectivity index is 1.88. The molecule has 0 bridgehead atoms. The maximum absolute atomic E-state index is 11.9. The third kappa shape index (κ3) is 4.68. The molecule has 2 heterocycles. The molecule has 116 valence electrons. The predicted molar refractivity (Wildman–Crippen MR) is 83.4 cm³/mol. The summed E-state index contributed by atoms with van der Waals surface area (Å²) in [6, 6.07) is 3.32. The first-order chi connectivity index (χ1) is 10.2. The molecule has 1 aromatic rings. The van der Waals surface area contributed by atoms with Crippen LogP contribution in [0.4, 0.5) is 11.5 Å². The van der Waals surface area contributed by atoms with Gasteiger partial charge in [-0.1, -0.05) is 19.8 Å². The summed E-state index contributed by atoms with van der Waals surface area (Å²) in [7, 11) is 0. The first-order valence-electron chi connectivity index (χ1n) is 7.56. The Labute approximate surface area is 125 Å². The van der Waals surface area contributed by atoms with E-state index < -0.39 is 6.04 Å². The van der Waals surface area contributed by atoms with Gasteiger partial charge in [-0.3, -0.25) is 4.79 Å². The highest BCUT2D eigenvalue weighted by atomic mass is 16.5. The number of pyridine rings is 1. The first kappa shape index (κ1) is 15.7.